The van der Waals surface area contributed by atoms with Crippen LogP contribution in [0.25, 0.3) is 0 Å². The van der Waals surface area contributed by atoms with E-state index in [1.165, 1.54) is 18.4 Å². The Bertz CT molecular complexity index is 585. The summed E-state index contributed by atoms with van der Waals surface area (Å²) in [7, 11) is 0. The fourth-order valence-electron chi connectivity index (χ4n) is 4.29. The minimum Gasteiger partial charge on any atom is -0.357 e. The SMILES string of the molecule is CCNC(=NCC(F)F)N1CCC2C(CCCN2Cc2ccccc2)C1.I. The zero-order valence-electron chi connectivity index (χ0n) is 16.0. The van der Waals surface area contributed by atoms with Crippen molar-refractivity contribution in [3.8, 4) is 0 Å². The molecule has 2 unspecified atom stereocenters. The van der Waals surface area contributed by atoms with E-state index in [0.29, 0.717) is 24.5 Å². The maximum Gasteiger partial charge on any atom is 0.257 e. The molecule has 2 aliphatic heterocycles. The van der Waals surface area contributed by atoms with Crippen LogP contribution in [0, 0.1) is 5.92 Å². The Morgan fingerprint density at radius 2 is 2.00 bits per heavy atom. The lowest BCUT2D eigenvalue weighted by atomic mass is 9.83. The third-order valence-electron chi connectivity index (χ3n) is 5.43. The second-order valence-electron chi connectivity index (χ2n) is 7.25. The number of alkyl halides is 2. The van der Waals surface area contributed by atoms with Crippen molar-refractivity contribution in [1.29, 1.82) is 0 Å². The number of likely N-dealkylation sites (tertiary alicyclic amines) is 2. The Kier molecular flexibility index (Phi) is 9.21. The number of piperidine rings is 2. The van der Waals surface area contributed by atoms with Gasteiger partial charge in [-0.1, -0.05) is 30.3 Å². The van der Waals surface area contributed by atoms with Crippen LogP contribution in [0.4, 0.5) is 8.78 Å². The van der Waals surface area contributed by atoms with Crippen LogP contribution < -0.4 is 5.32 Å². The molecule has 4 nitrogen and oxygen atoms in total. The van der Waals surface area contributed by atoms with Crippen LogP contribution >= 0.6 is 24.0 Å². The van der Waals surface area contributed by atoms with Crippen LogP contribution in [-0.2, 0) is 6.54 Å². The van der Waals surface area contributed by atoms with Gasteiger partial charge < -0.3 is 10.2 Å². The second kappa shape index (κ2) is 11.1. The van der Waals surface area contributed by atoms with Crippen molar-refractivity contribution in [3.63, 3.8) is 0 Å². The topological polar surface area (TPSA) is 30.9 Å². The second-order valence-corrected chi connectivity index (χ2v) is 7.25. The normalized spacial score (nSPS) is 23.7. The molecule has 1 N–H and O–H groups in total. The minimum absolute atomic E-state index is 0. The van der Waals surface area contributed by atoms with E-state index in [0.717, 1.165) is 32.6 Å². The zero-order valence-corrected chi connectivity index (χ0v) is 18.3. The summed E-state index contributed by atoms with van der Waals surface area (Å²) in [5.41, 5.74) is 1.36. The molecule has 1 aromatic rings. The lowest BCUT2D eigenvalue weighted by molar-refractivity contribution is 0.0371. The number of aliphatic imine (C=N–C) groups is 1. The van der Waals surface area contributed by atoms with Gasteiger partial charge in [0.25, 0.3) is 6.43 Å². The van der Waals surface area contributed by atoms with Gasteiger partial charge in [0.15, 0.2) is 5.96 Å². The van der Waals surface area contributed by atoms with Gasteiger partial charge in [-0.25, -0.2) is 13.8 Å². The molecule has 0 saturated carbocycles. The summed E-state index contributed by atoms with van der Waals surface area (Å²) in [5, 5.41) is 3.18. The highest BCUT2D eigenvalue weighted by Crippen LogP contribution is 2.31. The van der Waals surface area contributed by atoms with Crippen LogP contribution in [0.15, 0.2) is 35.3 Å². The number of fused-ring (bicyclic) bond motifs is 1. The van der Waals surface area contributed by atoms with Crippen LogP contribution in [0.3, 0.4) is 0 Å². The first-order valence-corrected chi connectivity index (χ1v) is 9.76. The highest BCUT2D eigenvalue weighted by atomic mass is 127. The number of nitrogens with zero attached hydrogens (tertiary/aromatic N) is 3. The summed E-state index contributed by atoms with van der Waals surface area (Å²) in [6.45, 7) is 6.19. The van der Waals surface area contributed by atoms with Gasteiger partial charge >= 0.3 is 0 Å². The maximum absolute atomic E-state index is 12.6. The number of rotatable bonds is 5. The molecule has 2 fully saturated rings. The number of benzene rings is 1. The predicted octanol–water partition coefficient (Wildman–Crippen LogP) is 3.82. The van der Waals surface area contributed by atoms with Crippen molar-refractivity contribution in [1.82, 2.24) is 15.1 Å². The zero-order chi connectivity index (χ0) is 18.4. The van der Waals surface area contributed by atoms with E-state index < -0.39 is 13.0 Å². The molecule has 2 saturated heterocycles. The molecule has 7 heteroatoms. The van der Waals surface area contributed by atoms with Gasteiger partial charge in [-0.15, -0.1) is 24.0 Å². The molecule has 0 amide bonds. The summed E-state index contributed by atoms with van der Waals surface area (Å²) in [6, 6.07) is 11.2. The smallest absolute Gasteiger partial charge is 0.257 e. The summed E-state index contributed by atoms with van der Waals surface area (Å²) < 4.78 is 25.1. The quantitative estimate of drug-likeness (QED) is 0.385. The number of guanidine groups is 1. The van der Waals surface area contributed by atoms with Crippen LogP contribution in [0.5, 0.6) is 0 Å². The average molecular weight is 492 g/mol. The molecule has 0 bridgehead atoms. The molecule has 2 atom stereocenters. The Labute approximate surface area is 178 Å². The van der Waals surface area contributed by atoms with E-state index in [-0.39, 0.29) is 24.0 Å². The average Bonchev–Trinajstić information content (AvgIpc) is 2.65. The van der Waals surface area contributed by atoms with Crippen LogP contribution in [-0.4, -0.2) is 61.0 Å². The molecular weight excluding hydrogens is 461 g/mol. The van der Waals surface area contributed by atoms with Gasteiger partial charge in [-0.05, 0) is 44.2 Å². The van der Waals surface area contributed by atoms with E-state index in [1.54, 1.807) is 0 Å². The van der Waals surface area contributed by atoms with Crippen molar-refractivity contribution in [2.75, 3.05) is 32.7 Å². The first kappa shape index (κ1) is 22.3. The third-order valence-corrected chi connectivity index (χ3v) is 5.43. The minimum atomic E-state index is -2.39. The summed E-state index contributed by atoms with van der Waals surface area (Å²) in [4.78, 5) is 8.92. The van der Waals surface area contributed by atoms with Crippen molar-refractivity contribution >= 4 is 29.9 Å². The van der Waals surface area contributed by atoms with Gasteiger partial charge in [0.05, 0.1) is 0 Å². The Morgan fingerprint density at radius 1 is 1.22 bits per heavy atom. The van der Waals surface area contributed by atoms with E-state index in [1.807, 2.05) is 6.92 Å². The number of halogens is 3. The molecule has 2 heterocycles. The molecular formula is C20H31F2IN4. The standard InChI is InChI=1S/C20H30F2N4.HI/c1-2-23-20(24-13-19(21)22)26-12-10-18-17(15-26)9-6-11-25(18)14-16-7-4-3-5-8-16;/h3-5,7-8,17-19H,2,6,9-15H2,1H3,(H,23,24);1H. The number of hydrogen-bond acceptors (Lipinski definition) is 2. The van der Waals surface area contributed by atoms with E-state index in [2.05, 4.69) is 50.4 Å². The van der Waals surface area contributed by atoms with Crippen LogP contribution in [0.2, 0.25) is 0 Å². The fourth-order valence-corrected chi connectivity index (χ4v) is 4.29. The van der Waals surface area contributed by atoms with Gasteiger partial charge in [0.2, 0.25) is 0 Å². The number of hydrogen-bond donors (Lipinski definition) is 1. The molecule has 3 rings (SSSR count). The molecule has 152 valence electrons. The summed E-state index contributed by atoms with van der Waals surface area (Å²) in [6.07, 6.45) is 1.08. The molecule has 0 aromatic heterocycles. The highest BCUT2D eigenvalue weighted by Gasteiger charge is 2.36. The van der Waals surface area contributed by atoms with Gasteiger partial charge in [-0.3, -0.25) is 4.90 Å². The van der Waals surface area contributed by atoms with E-state index in [4.69, 9.17) is 0 Å². The first-order chi connectivity index (χ1) is 12.7. The molecule has 0 radical (unpaired) electrons. The molecule has 0 aliphatic carbocycles. The largest absolute Gasteiger partial charge is 0.357 e. The molecule has 27 heavy (non-hydrogen) atoms. The summed E-state index contributed by atoms with van der Waals surface area (Å²) >= 11 is 0. The van der Waals surface area contributed by atoms with Crippen molar-refractivity contribution in [3.05, 3.63) is 35.9 Å². The van der Waals surface area contributed by atoms with Crippen molar-refractivity contribution < 1.29 is 8.78 Å². The monoisotopic (exact) mass is 492 g/mol. The maximum atomic E-state index is 12.6. The van der Waals surface area contributed by atoms with E-state index in [9.17, 15) is 8.78 Å². The van der Waals surface area contributed by atoms with Gasteiger partial charge in [0, 0.05) is 32.2 Å². The highest BCUT2D eigenvalue weighted by molar-refractivity contribution is 14.0. The Hall–Kier alpha value is -0.960. The third kappa shape index (κ3) is 6.27. The number of nitrogens with one attached hydrogen (secondary N) is 1. The predicted molar refractivity (Wildman–Crippen MR) is 117 cm³/mol. The fraction of sp³-hybridized carbons (Fsp3) is 0.650. The Balaban J connectivity index is 0.00000261. The lowest BCUT2D eigenvalue weighted by Crippen LogP contribution is -2.56. The van der Waals surface area contributed by atoms with Gasteiger partial charge in [0.1, 0.15) is 6.54 Å². The van der Waals surface area contributed by atoms with Crippen molar-refractivity contribution in [2.24, 2.45) is 10.9 Å². The Morgan fingerprint density at radius 3 is 2.70 bits per heavy atom. The van der Waals surface area contributed by atoms with E-state index >= 15 is 0 Å². The van der Waals surface area contributed by atoms with Crippen LogP contribution in [0.1, 0.15) is 31.7 Å². The van der Waals surface area contributed by atoms with Gasteiger partial charge in [-0.2, -0.15) is 0 Å². The molecule has 1 aromatic carbocycles. The first-order valence-electron chi connectivity index (χ1n) is 9.76. The summed E-state index contributed by atoms with van der Waals surface area (Å²) in [5.74, 6) is 1.23. The lowest BCUT2D eigenvalue weighted by Gasteiger charge is -2.48. The molecule has 0 spiro atoms. The van der Waals surface area contributed by atoms with Crippen molar-refractivity contribution in [2.45, 2.75) is 45.2 Å². The molecule has 2 aliphatic rings.